The molecule has 0 aliphatic heterocycles. The first kappa shape index (κ1) is 23.4. The van der Waals surface area contributed by atoms with E-state index in [0.717, 1.165) is 18.2 Å². The molecule has 8 heteroatoms. The van der Waals surface area contributed by atoms with Gasteiger partial charge in [0.25, 0.3) is 5.91 Å². The van der Waals surface area contributed by atoms with Gasteiger partial charge in [-0.25, -0.2) is 13.2 Å². The number of carbonyl (C=O) groups excluding carboxylic acids is 2. The Morgan fingerprint density at radius 2 is 1.60 bits per heavy atom. The van der Waals surface area contributed by atoms with Gasteiger partial charge >= 0.3 is 0 Å². The summed E-state index contributed by atoms with van der Waals surface area (Å²) in [5.41, 5.74) is -0.0549. The van der Waals surface area contributed by atoms with Crippen molar-refractivity contribution in [1.82, 2.24) is 15.5 Å². The van der Waals surface area contributed by atoms with Gasteiger partial charge in [-0.2, -0.15) is 0 Å². The Morgan fingerprint density at radius 3 is 2.13 bits per heavy atom. The van der Waals surface area contributed by atoms with Crippen LogP contribution in [0.1, 0.15) is 35.8 Å². The van der Waals surface area contributed by atoms with E-state index in [1.54, 1.807) is 40.1 Å². The lowest BCUT2D eigenvalue weighted by Crippen LogP contribution is -2.51. The van der Waals surface area contributed by atoms with Crippen molar-refractivity contribution in [3.63, 3.8) is 0 Å². The third-order valence-electron chi connectivity index (χ3n) is 4.75. The van der Waals surface area contributed by atoms with Crippen molar-refractivity contribution in [2.45, 2.75) is 25.9 Å². The fourth-order valence-corrected chi connectivity index (χ4v) is 3.08. The largest absolute Gasteiger partial charge is 0.352 e. The van der Waals surface area contributed by atoms with E-state index in [1.807, 2.05) is 4.90 Å². The number of rotatable bonds is 8. The number of hydrogen-bond donors (Lipinski definition) is 2. The van der Waals surface area contributed by atoms with Crippen molar-refractivity contribution >= 4 is 11.8 Å². The second-order valence-corrected chi connectivity index (χ2v) is 7.57. The highest BCUT2D eigenvalue weighted by molar-refractivity contribution is 5.98. The average molecular weight is 421 g/mol. The van der Waals surface area contributed by atoms with E-state index >= 15 is 0 Å². The van der Waals surface area contributed by atoms with E-state index in [9.17, 15) is 22.8 Å². The predicted molar refractivity (Wildman–Crippen MR) is 108 cm³/mol. The lowest BCUT2D eigenvalue weighted by Gasteiger charge is -2.27. The molecule has 0 aliphatic carbocycles. The summed E-state index contributed by atoms with van der Waals surface area (Å²) in [7, 11) is 3.59. The molecule has 2 atom stereocenters. The second-order valence-electron chi connectivity index (χ2n) is 7.57. The molecule has 0 aromatic heterocycles. The lowest BCUT2D eigenvalue weighted by atomic mass is 10.0. The van der Waals surface area contributed by atoms with E-state index in [1.165, 1.54) is 12.1 Å². The molecule has 2 unspecified atom stereocenters. The van der Waals surface area contributed by atoms with Gasteiger partial charge in [-0.15, -0.1) is 0 Å². The van der Waals surface area contributed by atoms with Crippen LogP contribution in [0.15, 0.2) is 42.5 Å². The van der Waals surface area contributed by atoms with Crippen molar-refractivity contribution < 1.29 is 22.8 Å². The van der Waals surface area contributed by atoms with Crippen LogP contribution in [0.2, 0.25) is 0 Å². The zero-order valence-corrected chi connectivity index (χ0v) is 17.4. The Morgan fingerprint density at radius 1 is 1.00 bits per heavy atom. The first-order valence-electron chi connectivity index (χ1n) is 9.56. The van der Waals surface area contributed by atoms with Gasteiger partial charge < -0.3 is 15.5 Å². The summed E-state index contributed by atoms with van der Waals surface area (Å²) in [6.45, 7) is 3.57. The van der Waals surface area contributed by atoms with Gasteiger partial charge in [-0.3, -0.25) is 9.59 Å². The van der Waals surface area contributed by atoms with Gasteiger partial charge in [0.1, 0.15) is 29.1 Å². The summed E-state index contributed by atoms with van der Waals surface area (Å²) in [5.74, 6) is -4.24. The highest BCUT2D eigenvalue weighted by Crippen LogP contribution is 2.19. The summed E-state index contributed by atoms with van der Waals surface area (Å²) in [6, 6.07) is 7.85. The summed E-state index contributed by atoms with van der Waals surface area (Å²) in [4.78, 5) is 27.0. The summed E-state index contributed by atoms with van der Waals surface area (Å²) in [6.07, 6.45) is 0. The minimum Gasteiger partial charge on any atom is -0.352 e. The van der Waals surface area contributed by atoms with Crippen molar-refractivity contribution in [2.75, 3.05) is 20.6 Å². The summed E-state index contributed by atoms with van der Waals surface area (Å²) in [5, 5.41) is 5.16. The van der Waals surface area contributed by atoms with Crippen LogP contribution in [-0.4, -0.2) is 43.4 Å². The maximum Gasteiger partial charge on any atom is 0.257 e. The minimum atomic E-state index is -1.01. The van der Waals surface area contributed by atoms with Gasteiger partial charge in [0.05, 0.1) is 6.04 Å². The molecule has 0 heterocycles. The van der Waals surface area contributed by atoms with Crippen LogP contribution in [0.4, 0.5) is 13.2 Å². The number of halogens is 3. The quantitative estimate of drug-likeness (QED) is 0.688. The van der Waals surface area contributed by atoms with Crippen LogP contribution in [0.25, 0.3) is 0 Å². The molecule has 0 aliphatic rings. The smallest absolute Gasteiger partial charge is 0.257 e. The molecule has 2 rings (SSSR count). The SMILES string of the molecule is CC(C)C(NC(=O)c1c(F)cccc1F)C(=O)NCC(c1cccc(F)c1)N(C)C. The van der Waals surface area contributed by atoms with Crippen molar-refractivity contribution in [3.8, 4) is 0 Å². The summed E-state index contributed by atoms with van der Waals surface area (Å²) >= 11 is 0. The van der Waals surface area contributed by atoms with Gasteiger partial charge in [-0.05, 0) is 49.8 Å². The fraction of sp³-hybridized carbons (Fsp3) is 0.364. The van der Waals surface area contributed by atoms with E-state index in [2.05, 4.69) is 10.6 Å². The van der Waals surface area contributed by atoms with Crippen molar-refractivity contribution in [1.29, 1.82) is 0 Å². The number of carbonyl (C=O) groups is 2. The number of nitrogens with one attached hydrogen (secondary N) is 2. The fourth-order valence-electron chi connectivity index (χ4n) is 3.08. The molecule has 0 saturated heterocycles. The highest BCUT2D eigenvalue weighted by atomic mass is 19.1. The summed E-state index contributed by atoms with van der Waals surface area (Å²) < 4.78 is 41.3. The van der Waals surface area contributed by atoms with Crippen LogP contribution >= 0.6 is 0 Å². The molecular weight excluding hydrogens is 395 g/mol. The minimum absolute atomic E-state index is 0.155. The maximum atomic E-state index is 13.9. The van der Waals surface area contributed by atoms with E-state index in [0.29, 0.717) is 5.56 Å². The maximum absolute atomic E-state index is 13.9. The third-order valence-corrected chi connectivity index (χ3v) is 4.75. The zero-order chi connectivity index (χ0) is 22.4. The van der Waals surface area contributed by atoms with Crippen LogP contribution in [0.3, 0.4) is 0 Å². The van der Waals surface area contributed by atoms with Gasteiger partial charge in [0.2, 0.25) is 5.91 Å². The Hall–Kier alpha value is -2.87. The van der Waals surface area contributed by atoms with E-state index in [-0.39, 0.29) is 24.3 Å². The number of nitrogens with zero attached hydrogens (tertiary/aromatic N) is 1. The second kappa shape index (κ2) is 10.2. The standard InChI is InChI=1S/C22H26F3N3O2/c1-13(2)20(27-21(29)19-16(24)9-6-10-17(19)25)22(30)26-12-18(28(3)4)14-7-5-8-15(23)11-14/h5-11,13,18,20H,12H2,1-4H3,(H,26,30)(H,27,29). The van der Waals surface area contributed by atoms with E-state index < -0.39 is 35.1 Å². The van der Waals surface area contributed by atoms with Crippen LogP contribution in [0.5, 0.6) is 0 Å². The molecule has 0 radical (unpaired) electrons. The van der Waals surface area contributed by atoms with Crippen molar-refractivity contribution in [2.24, 2.45) is 5.92 Å². The molecule has 30 heavy (non-hydrogen) atoms. The molecule has 162 valence electrons. The molecule has 2 aromatic rings. The topological polar surface area (TPSA) is 61.4 Å². The normalized spacial score (nSPS) is 13.2. The lowest BCUT2D eigenvalue weighted by molar-refractivity contribution is -0.124. The molecule has 2 aromatic carbocycles. The number of likely N-dealkylation sites (N-methyl/N-ethyl adjacent to an activating group) is 1. The first-order chi connectivity index (χ1) is 14.1. The molecule has 2 amide bonds. The molecule has 0 fully saturated rings. The van der Waals surface area contributed by atoms with Crippen molar-refractivity contribution in [3.05, 3.63) is 71.0 Å². The Balaban J connectivity index is 2.12. The molecule has 0 spiro atoms. The van der Waals surface area contributed by atoms with Crippen LogP contribution in [0, 0.1) is 23.4 Å². The number of amides is 2. The predicted octanol–water partition coefficient (Wildman–Crippen LogP) is 3.28. The molecule has 2 N–H and O–H groups in total. The Bertz CT molecular complexity index is 883. The number of hydrogen-bond acceptors (Lipinski definition) is 3. The first-order valence-corrected chi connectivity index (χ1v) is 9.56. The van der Waals surface area contributed by atoms with Gasteiger partial charge in [-0.1, -0.05) is 32.0 Å². The monoisotopic (exact) mass is 421 g/mol. The Labute approximate surface area is 174 Å². The van der Waals surface area contributed by atoms with Gasteiger partial charge in [0, 0.05) is 6.54 Å². The Kier molecular flexibility index (Phi) is 8.00. The number of benzene rings is 2. The zero-order valence-electron chi connectivity index (χ0n) is 17.4. The van der Waals surface area contributed by atoms with Crippen LogP contribution in [-0.2, 0) is 4.79 Å². The van der Waals surface area contributed by atoms with Crippen LogP contribution < -0.4 is 10.6 Å². The molecule has 0 saturated carbocycles. The molecule has 5 nitrogen and oxygen atoms in total. The molecular formula is C22H26F3N3O2. The van der Waals surface area contributed by atoms with Gasteiger partial charge in [0.15, 0.2) is 0 Å². The highest BCUT2D eigenvalue weighted by Gasteiger charge is 2.28. The third kappa shape index (κ3) is 5.82. The average Bonchev–Trinajstić information content (AvgIpc) is 2.65. The van der Waals surface area contributed by atoms with E-state index in [4.69, 9.17) is 0 Å². The molecule has 0 bridgehead atoms.